The molecule has 1 atom stereocenters. The van der Waals surface area contributed by atoms with Gasteiger partial charge in [-0.2, -0.15) is 0 Å². The Balaban J connectivity index is 2.05. The molecule has 0 unspecified atom stereocenters. The SMILES string of the molecule is CCc1ccc(N[C@@H](C)C(=O)Nc2c(C)cc(C)cc2C)cc1. The van der Waals surface area contributed by atoms with Gasteiger partial charge in [-0.15, -0.1) is 0 Å². The van der Waals surface area contributed by atoms with Crippen LogP contribution in [0, 0.1) is 20.8 Å². The standard InChI is InChI=1S/C20H26N2O/c1-6-17-7-9-18(10-8-17)21-16(5)20(23)22-19-14(3)11-13(2)12-15(19)4/h7-12,16,21H,6H2,1-5H3,(H,22,23)/t16-/m0/s1. The molecule has 23 heavy (non-hydrogen) atoms. The minimum absolute atomic E-state index is 0.0281. The topological polar surface area (TPSA) is 41.1 Å². The first kappa shape index (κ1) is 17.1. The molecule has 3 nitrogen and oxygen atoms in total. The van der Waals surface area contributed by atoms with Gasteiger partial charge in [0.2, 0.25) is 5.91 Å². The minimum atomic E-state index is -0.303. The van der Waals surface area contributed by atoms with Crippen LogP contribution < -0.4 is 10.6 Å². The van der Waals surface area contributed by atoms with Crippen molar-refractivity contribution in [3.63, 3.8) is 0 Å². The van der Waals surface area contributed by atoms with E-state index in [1.807, 2.05) is 32.9 Å². The molecule has 0 spiro atoms. The van der Waals surface area contributed by atoms with Gasteiger partial charge in [-0.3, -0.25) is 4.79 Å². The lowest BCUT2D eigenvalue weighted by Crippen LogP contribution is -2.32. The molecule has 0 radical (unpaired) electrons. The van der Waals surface area contributed by atoms with Crippen molar-refractivity contribution in [2.45, 2.75) is 47.1 Å². The van der Waals surface area contributed by atoms with E-state index in [1.54, 1.807) is 0 Å². The molecule has 0 aliphatic heterocycles. The lowest BCUT2D eigenvalue weighted by molar-refractivity contribution is -0.116. The molecule has 2 rings (SSSR count). The first-order valence-electron chi connectivity index (χ1n) is 8.15. The first-order chi connectivity index (χ1) is 10.9. The zero-order valence-corrected chi connectivity index (χ0v) is 14.7. The molecule has 122 valence electrons. The quantitative estimate of drug-likeness (QED) is 0.846. The molecule has 0 saturated carbocycles. The fourth-order valence-electron chi connectivity index (χ4n) is 2.76. The maximum Gasteiger partial charge on any atom is 0.246 e. The van der Waals surface area contributed by atoms with Gasteiger partial charge >= 0.3 is 0 Å². The van der Waals surface area contributed by atoms with Crippen molar-refractivity contribution in [2.75, 3.05) is 10.6 Å². The summed E-state index contributed by atoms with van der Waals surface area (Å²) >= 11 is 0. The molecule has 0 aromatic heterocycles. The van der Waals surface area contributed by atoms with Crippen LogP contribution in [0.15, 0.2) is 36.4 Å². The van der Waals surface area contributed by atoms with Gasteiger partial charge in [0.1, 0.15) is 6.04 Å². The molecule has 2 aromatic rings. The van der Waals surface area contributed by atoms with Crippen molar-refractivity contribution in [1.29, 1.82) is 0 Å². The van der Waals surface area contributed by atoms with E-state index in [0.29, 0.717) is 0 Å². The van der Waals surface area contributed by atoms with E-state index in [0.717, 1.165) is 28.9 Å². The van der Waals surface area contributed by atoms with Crippen LogP contribution >= 0.6 is 0 Å². The highest BCUT2D eigenvalue weighted by molar-refractivity contribution is 5.97. The Labute approximate surface area is 139 Å². The molecule has 0 aliphatic rings. The average Bonchev–Trinajstić information content (AvgIpc) is 2.51. The van der Waals surface area contributed by atoms with Crippen LogP contribution in [0.3, 0.4) is 0 Å². The van der Waals surface area contributed by atoms with Crippen molar-refractivity contribution < 1.29 is 4.79 Å². The van der Waals surface area contributed by atoms with Crippen molar-refractivity contribution >= 4 is 17.3 Å². The molecule has 2 N–H and O–H groups in total. The zero-order chi connectivity index (χ0) is 17.0. The summed E-state index contributed by atoms with van der Waals surface area (Å²) in [4.78, 5) is 12.5. The summed E-state index contributed by atoms with van der Waals surface area (Å²) in [5.74, 6) is -0.0281. The fraction of sp³-hybridized carbons (Fsp3) is 0.350. The summed E-state index contributed by atoms with van der Waals surface area (Å²) in [6, 6.07) is 12.1. The van der Waals surface area contributed by atoms with Gasteiger partial charge < -0.3 is 10.6 Å². The van der Waals surface area contributed by atoms with Crippen LogP contribution in [0.1, 0.15) is 36.1 Å². The van der Waals surface area contributed by atoms with Crippen molar-refractivity contribution in [1.82, 2.24) is 0 Å². The summed E-state index contributed by atoms with van der Waals surface area (Å²) in [7, 11) is 0. The smallest absolute Gasteiger partial charge is 0.246 e. The Hall–Kier alpha value is -2.29. The first-order valence-corrected chi connectivity index (χ1v) is 8.15. The molecule has 2 aromatic carbocycles. The zero-order valence-electron chi connectivity index (χ0n) is 14.7. The molecule has 1 amide bonds. The number of rotatable bonds is 5. The second kappa shape index (κ2) is 7.32. The highest BCUT2D eigenvalue weighted by atomic mass is 16.2. The third-order valence-corrected chi connectivity index (χ3v) is 4.06. The van der Waals surface area contributed by atoms with Gasteiger partial charge in [0.25, 0.3) is 0 Å². The second-order valence-corrected chi connectivity index (χ2v) is 6.18. The highest BCUT2D eigenvalue weighted by Gasteiger charge is 2.15. The summed E-state index contributed by atoms with van der Waals surface area (Å²) in [5.41, 5.74) is 6.56. The summed E-state index contributed by atoms with van der Waals surface area (Å²) in [6.45, 7) is 10.1. The Bertz CT molecular complexity index is 666. The summed E-state index contributed by atoms with van der Waals surface area (Å²) < 4.78 is 0. The number of amides is 1. The van der Waals surface area contributed by atoms with E-state index in [4.69, 9.17) is 0 Å². The van der Waals surface area contributed by atoms with Crippen molar-refractivity contribution in [3.8, 4) is 0 Å². The Morgan fingerprint density at radius 1 is 1.04 bits per heavy atom. The van der Waals surface area contributed by atoms with E-state index in [9.17, 15) is 4.79 Å². The number of anilines is 2. The van der Waals surface area contributed by atoms with E-state index in [1.165, 1.54) is 11.1 Å². The Morgan fingerprint density at radius 2 is 1.61 bits per heavy atom. The maximum atomic E-state index is 12.5. The van der Waals surface area contributed by atoms with E-state index in [2.05, 4.69) is 48.7 Å². The normalized spacial score (nSPS) is 11.9. The maximum absolute atomic E-state index is 12.5. The molecular weight excluding hydrogens is 284 g/mol. The van der Waals surface area contributed by atoms with Crippen LogP contribution in [0.25, 0.3) is 0 Å². The number of nitrogens with one attached hydrogen (secondary N) is 2. The molecule has 0 aliphatic carbocycles. The Kier molecular flexibility index (Phi) is 5.43. The fourth-order valence-corrected chi connectivity index (χ4v) is 2.76. The number of hydrogen-bond donors (Lipinski definition) is 2. The molecule has 0 saturated heterocycles. The van der Waals surface area contributed by atoms with Gasteiger partial charge in [-0.25, -0.2) is 0 Å². The monoisotopic (exact) mass is 310 g/mol. The molecule has 3 heteroatoms. The van der Waals surface area contributed by atoms with Crippen molar-refractivity contribution in [3.05, 3.63) is 58.7 Å². The van der Waals surface area contributed by atoms with Gasteiger partial charge in [-0.1, -0.05) is 36.8 Å². The third kappa shape index (κ3) is 4.35. The predicted molar refractivity (Wildman–Crippen MR) is 98.2 cm³/mol. The van der Waals surface area contributed by atoms with Crippen LogP contribution in [-0.2, 0) is 11.2 Å². The van der Waals surface area contributed by atoms with Gasteiger partial charge in [-0.05, 0) is 62.9 Å². The number of benzene rings is 2. The molecule has 0 fully saturated rings. The second-order valence-electron chi connectivity index (χ2n) is 6.18. The third-order valence-electron chi connectivity index (χ3n) is 4.06. The number of carbonyl (C=O) groups excluding carboxylic acids is 1. The van der Waals surface area contributed by atoms with Gasteiger partial charge in [0.15, 0.2) is 0 Å². The number of hydrogen-bond acceptors (Lipinski definition) is 2. The van der Waals surface area contributed by atoms with E-state index >= 15 is 0 Å². The summed E-state index contributed by atoms with van der Waals surface area (Å²) in [5, 5.41) is 6.30. The van der Waals surface area contributed by atoms with E-state index < -0.39 is 0 Å². The highest BCUT2D eigenvalue weighted by Crippen LogP contribution is 2.22. The lowest BCUT2D eigenvalue weighted by atomic mass is 10.0. The molecule has 0 bridgehead atoms. The molecular formula is C20H26N2O. The van der Waals surface area contributed by atoms with Crippen LogP contribution in [0.4, 0.5) is 11.4 Å². The lowest BCUT2D eigenvalue weighted by Gasteiger charge is -2.18. The average molecular weight is 310 g/mol. The molecule has 0 heterocycles. The largest absolute Gasteiger partial charge is 0.374 e. The minimum Gasteiger partial charge on any atom is -0.374 e. The Morgan fingerprint density at radius 3 is 2.13 bits per heavy atom. The van der Waals surface area contributed by atoms with Crippen LogP contribution in [-0.4, -0.2) is 11.9 Å². The van der Waals surface area contributed by atoms with Gasteiger partial charge in [0, 0.05) is 11.4 Å². The number of aryl methyl sites for hydroxylation is 4. The predicted octanol–water partition coefficient (Wildman–Crippen LogP) is 4.61. The van der Waals surface area contributed by atoms with E-state index in [-0.39, 0.29) is 11.9 Å². The van der Waals surface area contributed by atoms with Crippen LogP contribution in [0.2, 0.25) is 0 Å². The van der Waals surface area contributed by atoms with Crippen LogP contribution in [0.5, 0.6) is 0 Å². The van der Waals surface area contributed by atoms with Gasteiger partial charge in [0.05, 0.1) is 0 Å². The van der Waals surface area contributed by atoms with Crippen molar-refractivity contribution in [2.24, 2.45) is 0 Å². The summed E-state index contributed by atoms with van der Waals surface area (Å²) in [6.07, 6.45) is 1.02. The number of carbonyl (C=O) groups is 1.